The van der Waals surface area contributed by atoms with E-state index in [1.165, 1.54) is 13.0 Å². The highest BCUT2D eigenvalue weighted by Gasteiger charge is 2.24. The standard InChI is InChI=1S/C16H27F3O3/c1-14(20)22-15(21)12-10-8-6-4-2-3-5-7-9-11-13-16(17,18)19/h9,11,15,21H,2-8,10,12-13H2,1H3. The minimum Gasteiger partial charge on any atom is -0.436 e. The van der Waals surface area contributed by atoms with Crippen LogP contribution in [0.4, 0.5) is 13.2 Å². The smallest absolute Gasteiger partial charge is 0.392 e. The lowest BCUT2D eigenvalue weighted by molar-refractivity contribution is -0.166. The van der Waals surface area contributed by atoms with Gasteiger partial charge >= 0.3 is 12.1 Å². The number of aliphatic hydroxyl groups excluding tert-OH is 1. The molecule has 0 amide bonds. The highest BCUT2D eigenvalue weighted by Crippen LogP contribution is 2.20. The first-order chi connectivity index (χ1) is 10.3. The van der Waals surface area contributed by atoms with Crippen LogP contribution in [-0.2, 0) is 9.53 Å². The summed E-state index contributed by atoms with van der Waals surface area (Å²) < 4.78 is 40.2. The van der Waals surface area contributed by atoms with Crippen molar-refractivity contribution in [2.45, 2.75) is 83.6 Å². The predicted octanol–water partition coefficient (Wildman–Crippen LogP) is 4.89. The lowest BCUT2D eigenvalue weighted by atomic mass is 10.1. The van der Waals surface area contributed by atoms with Gasteiger partial charge in [-0.3, -0.25) is 4.79 Å². The molecule has 0 saturated carbocycles. The van der Waals surface area contributed by atoms with Crippen LogP contribution in [-0.4, -0.2) is 23.5 Å². The van der Waals surface area contributed by atoms with Crippen molar-refractivity contribution in [2.24, 2.45) is 0 Å². The van der Waals surface area contributed by atoms with Gasteiger partial charge in [0.2, 0.25) is 6.29 Å². The van der Waals surface area contributed by atoms with Crippen LogP contribution in [0.3, 0.4) is 0 Å². The second kappa shape index (κ2) is 12.5. The molecule has 0 aliphatic rings. The molecule has 0 aromatic heterocycles. The number of alkyl halides is 3. The van der Waals surface area contributed by atoms with Crippen molar-refractivity contribution in [1.82, 2.24) is 0 Å². The maximum Gasteiger partial charge on any atom is 0.392 e. The van der Waals surface area contributed by atoms with Gasteiger partial charge in [0, 0.05) is 13.3 Å². The van der Waals surface area contributed by atoms with Gasteiger partial charge in [0.15, 0.2) is 0 Å². The predicted molar refractivity (Wildman–Crippen MR) is 79.1 cm³/mol. The molecule has 0 heterocycles. The van der Waals surface area contributed by atoms with Crippen LogP contribution in [0.5, 0.6) is 0 Å². The molecule has 0 aromatic carbocycles. The van der Waals surface area contributed by atoms with E-state index < -0.39 is 24.9 Å². The molecule has 0 saturated heterocycles. The van der Waals surface area contributed by atoms with Gasteiger partial charge in [-0.25, -0.2) is 0 Å². The molecule has 3 nitrogen and oxygen atoms in total. The zero-order chi connectivity index (χ0) is 16.8. The van der Waals surface area contributed by atoms with Gasteiger partial charge in [0.05, 0.1) is 6.42 Å². The van der Waals surface area contributed by atoms with Crippen molar-refractivity contribution >= 4 is 5.97 Å². The number of ether oxygens (including phenoxy) is 1. The molecule has 1 unspecified atom stereocenters. The van der Waals surface area contributed by atoms with Crippen LogP contribution in [0, 0.1) is 0 Å². The van der Waals surface area contributed by atoms with Crippen molar-refractivity contribution in [2.75, 3.05) is 0 Å². The lowest BCUT2D eigenvalue weighted by Gasteiger charge is -2.09. The molecule has 1 atom stereocenters. The Balaban J connectivity index is 3.26. The molecule has 22 heavy (non-hydrogen) atoms. The second-order valence-corrected chi connectivity index (χ2v) is 5.41. The van der Waals surface area contributed by atoms with Crippen LogP contribution in [0.15, 0.2) is 12.2 Å². The van der Waals surface area contributed by atoms with Gasteiger partial charge in [-0.1, -0.05) is 44.3 Å². The quantitative estimate of drug-likeness (QED) is 0.241. The van der Waals surface area contributed by atoms with Crippen molar-refractivity contribution < 1.29 is 27.8 Å². The third kappa shape index (κ3) is 17.0. The molecule has 0 spiro atoms. The Morgan fingerprint density at radius 2 is 1.59 bits per heavy atom. The zero-order valence-corrected chi connectivity index (χ0v) is 13.2. The second-order valence-electron chi connectivity index (χ2n) is 5.41. The molecule has 0 rings (SSSR count). The first-order valence-electron chi connectivity index (χ1n) is 7.88. The Morgan fingerprint density at radius 1 is 1.05 bits per heavy atom. The molecule has 0 aliphatic heterocycles. The number of carbonyl (C=O) groups is 1. The minimum absolute atomic E-state index is 0.462. The van der Waals surface area contributed by atoms with E-state index in [0.29, 0.717) is 12.8 Å². The summed E-state index contributed by atoms with van der Waals surface area (Å²) in [6.45, 7) is 1.27. The SMILES string of the molecule is CC(=O)OC(O)CCCCCCCCCC=CCC(F)(F)F. The van der Waals surface area contributed by atoms with Crippen LogP contribution >= 0.6 is 0 Å². The molecule has 0 aliphatic carbocycles. The molecule has 0 radical (unpaired) electrons. The lowest BCUT2D eigenvalue weighted by Crippen LogP contribution is -2.14. The average molecular weight is 324 g/mol. The van der Waals surface area contributed by atoms with Gasteiger partial charge in [-0.2, -0.15) is 13.2 Å². The molecular weight excluding hydrogens is 297 g/mol. The fraction of sp³-hybridized carbons (Fsp3) is 0.812. The fourth-order valence-electron chi connectivity index (χ4n) is 2.05. The van der Waals surface area contributed by atoms with E-state index in [-0.39, 0.29) is 0 Å². The number of unbranched alkanes of at least 4 members (excludes halogenated alkanes) is 7. The highest BCUT2D eigenvalue weighted by molar-refractivity contribution is 5.65. The third-order valence-corrected chi connectivity index (χ3v) is 3.14. The van der Waals surface area contributed by atoms with Crippen LogP contribution in [0.2, 0.25) is 0 Å². The summed E-state index contributed by atoms with van der Waals surface area (Å²) in [5.74, 6) is -0.475. The van der Waals surface area contributed by atoms with Gasteiger partial charge in [-0.15, -0.1) is 0 Å². The van der Waals surface area contributed by atoms with Crippen molar-refractivity contribution in [1.29, 1.82) is 0 Å². The van der Waals surface area contributed by atoms with E-state index in [0.717, 1.165) is 44.9 Å². The van der Waals surface area contributed by atoms with Gasteiger partial charge in [-0.05, 0) is 19.3 Å². The number of allylic oxidation sites excluding steroid dienone is 2. The van der Waals surface area contributed by atoms with Gasteiger partial charge < -0.3 is 9.84 Å². The third-order valence-electron chi connectivity index (χ3n) is 3.14. The number of halogens is 3. The normalized spacial score (nSPS) is 13.5. The number of carbonyl (C=O) groups excluding carboxylic acids is 1. The van der Waals surface area contributed by atoms with E-state index >= 15 is 0 Å². The van der Waals surface area contributed by atoms with Crippen LogP contribution < -0.4 is 0 Å². The summed E-state index contributed by atoms with van der Waals surface area (Å²) in [6, 6.07) is 0. The Bertz CT molecular complexity index is 314. The van der Waals surface area contributed by atoms with E-state index in [9.17, 15) is 23.1 Å². The molecule has 1 N–H and O–H groups in total. The Kier molecular flexibility index (Phi) is 11.9. The number of esters is 1. The first-order valence-corrected chi connectivity index (χ1v) is 7.88. The van der Waals surface area contributed by atoms with Crippen molar-refractivity contribution in [3.8, 4) is 0 Å². The van der Waals surface area contributed by atoms with Gasteiger partial charge in [0.25, 0.3) is 0 Å². The summed E-state index contributed by atoms with van der Waals surface area (Å²) >= 11 is 0. The topological polar surface area (TPSA) is 46.5 Å². The number of rotatable bonds is 12. The summed E-state index contributed by atoms with van der Waals surface area (Å²) in [7, 11) is 0. The largest absolute Gasteiger partial charge is 0.436 e. The summed E-state index contributed by atoms with van der Waals surface area (Å²) in [4.78, 5) is 10.6. The monoisotopic (exact) mass is 324 g/mol. The summed E-state index contributed by atoms with van der Waals surface area (Å²) in [5, 5.41) is 9.29. The molecule has 0 bridgehead atoms. The number of hydrogen-bond acceptors (Lipinski definition) is 3. The van der Waals surface area contributed by atoms with E-state index in [1.807, 2.05) is 0 Å². The van der Waals surface area contributed by atoms with Crippen LogP contribution in [0.25, 0.3) is 0 Å². The molecule has 130 valence electrons. The van der Waals surface area contributed by atoms with E-state index in [4.69, 9.17) is 0 Å². The molecular formula is C16H27F3O3. The maximum absolute atomic E-state index is 11.9. The zero-order valence-electron chi connectivity index (χ0n) is 13.2. The molecule has 6 heteroatoms. The highest BCUT2D eigenvalue weighted by atomic mass is 19.4. The maximum atomic E-state index is 11.9. The Morgan fingerprint density at radius 3 is 2.14 bits per heavy atom. The van der Waals surface area contributed by atoms with E-state index in [1.54, 1.807) is 6.08 Å². The Labute approximate surface area is 130 Å². The van der Waals surface area contributed by atoms with Gasteiger partial charge in [0.1, 0.15) is 0 Å². The Hall–Kier alpha value is -1.04. The number of hydrogen-bond donors (Lipinski definition) is 1. The average Bonchev–Trinajstić information content (AvgIpc) is 2.38. The van der Waals surface area contributed by atoms with Crippen LogP contribution in [0.1, 0.15) is 71.1 Å². The minimum atomic E-state index is -4.10. The first kappa shape index (κ1) is 21.0. The molecule has 0 fully saturated rings. The summed E-state index contributed by atoms with van der Waals surface area (Å²) in [6.07, 6.45) is 4.94. The molecule has 0 aromatic rings. The van der Waals surface area contributed by atoms with Crippen molar-refractivity contribution in [3.63, 3.8) is 0 Å². The van der Waals surface area contributed by atoms with Crippen molar-refractivity contribution in [3.05, 3.63) is 12.2 Å². The van der Waals surface area contributed by atoms with E-state index in [2.05, 4.69) is 4.74 Å². The fourth-order valence-corrected chi connectivity index (χ4v) is 2.05. The number of aliphatic hydroxyl groups is 1. The summed E-state index contributed by atoms with van der Waals surface area (Å²) in [5.41, 5.74) is 0.